The quantitative estimate of drug-likeness (QED) is 0.796. The van der Waals surface area contributed by atoms with Gasteiger partial charge >= 0.3 is 0 Å². The van der Waals surface area contributed by atoms with E-state index in [0.717, 1.165) is 30.0 Å². The first-order valence-electron chi connectivity index (χ1n) is 6.70. The molecule has 1 aromatic carbocycles. The molecule has 0 unspecified atom stereocenters. The minimum absolute atomic E-state index is 0.0992. The molecule has 3 nitrogen and oxygen atoms in total. The van der Waals surface area contributed by atoms with Crippen LogP contribution in [0.4, 0.5) is 0 Å². The number of hydrogen-bond donors (Lipinski definition) is 1. The Morgan fingerprint density at radius 1 is 1.25 bits per heavy atom. The zero-order valence-electron chi connectivity index (χ0n) is 11.6. The third kappa shape index (κ3) is 4.70. The van der Waals surface area contributed by atoms with Gasteiger partial charge in [0.15, 0.2) is 0 Å². The molecule has 1 aromatic heterocycles. The average Bonchev–Trinajstić information content (AvgIpc) is 2.97. The molecule has 2 rings (SSSR count). The lowest BCUT2D eigenvalue weighted by molar-refractivity contribution is -0.120. The number of hydrogen-bond acceptors (Lipinski definition) is 3. The largest absolute Gasteiger partial charge is 0.497 e. The second-order valence-electron chi connectivity index (χ2n) is 4.56. The van der Waals surface area contributed by atoms with E-state index in [0.29, 0.717) is 6.42 Å². The summed E-state index contributed by atoms with van der Waals surface area (Å²) in [5.41, 5.74) is 1.26. The molecule has 0 atom stereocenters. The third-order valence-corrected chi connectivity index (χ3v) is 3.91. The summed E-state index contributed by atoms with van der Waals surface area (Å²) >= 11 is 1.62. The number of amides is 1. The van der Waals surface area contributed by atoms with Crippen molar-refractivity contribution >= 4 is 17.2 Å². The minimum atomic E-state index is 0.0992. The molecule has 0 aliphatic heterocycles. The van der Waals surface area contributed by atoms with Crippen LogP contribution in [-0.4, -0.2) is 19.6 Å². The van der Waals surface area contributed by atoms with Crippen LogP contribution in [0.3, 0.4) is 0 Å². The van der Waals surface area contributed by atoms with Crippen LogP contribution in [0.5, 0.6) is 5.75 Å². The standard InChI is InChI=1S/C16H19NO2S/c1-19-14-8-6-13(7-9-14)4-2-10-17-16(18)12-15-5-3-11-20-15/h3,5-9,11H,2,4,10,12H2,1H3,(H,17,18). The number of rotatable bonds is 7. The number of benzene rings is 1. The van der Waals surface area contributed by atoms with E-state index in [1.54, 1.807) is 18.4 Å². The molecule has 2 aromatic rings. The van der Waals surface area contributed by atoms with E-state index in [1.165, 1.54) is 5.56 Å². The van der Waals surface area contributed by atoms with Crippen molar-refractivity contribution in [3.63, 3.8) is 0 Å². The smallest absolute Gasteiger partial charge is 0.225 e. The maximum atomic E-state index is 11.7. The second kappa shape index (κ2) is 7.70. The number of methoxy groups -OCH3 is 1. The van der Waals surface area contributed by atoms with Crippen LogP contribution in [0.15, 0.2) is 41.8 Å². The Morgan fingerprint density at radius 3 is 2.70 bits per heavy atom. The molecule has 0 fully saturated rings. The first kappa shape index (κ1) is 14.6. The monoisotopic (exact) mass is 289 g/mol. The molecule has 20 heavy (non-hydrogen) atoms. The molecule has 0 aliphatic rings. The first-order valence-corrected chi connectivity index (χ1v) is 7.58. The topological polar surface area (TPSA) is 38.3 Å². The fourth-order valence-corrected chi connectivity index (χ4v) is 2.65. The van der Waals surface area contributed by atoms with E-state index in [-0.39, 0.29) is 5.91 Å². The summed E-state index contributed by atoms with van der Waals surface area (Å²) in [6.45, 7) is 0.718. The summed E-state index contributed by atoms with van der Waals surface area (Å²) in [7, 11) is 1.66. The number of aryl methyl sites for hydroxylation is 1. The van der Waals surface area contributed by atoms with Gasteiger partial charge < -0.3 is 10.1 Å². The molecule has 106 valence electrons. The SMILES string of the molecule is COc1ccc(CCCNC(=O)Cc2cccs2)cc1. The van der Waals surface area contributed by atoms with Gasteiger partial charge in [0, 0.05) is 11.4 Å². The Labute approximate surface area is 123 Å². The average molecular weight is 289 g/mol. The highest BCUT2D eigenvalue weighted by Gasteiger charge is 2.03. The molecule has 0 aliphatic carbocycles. The molecule has 1 heterocycles. The summed E-state index contributed by atoms with van der Waals surface area (Å²) in [6, 6.07) is 12.0. The van der Waals surface area contributed by atoms with Gasteiger partial charge in [-0.25, -0.2) is 0 Å². The van der Waals surface area contributed by atoms with Gasteiger partial charge in [0.05, 0.1) is 13.5 Å². The van der Waals surface area contributed by atoms with Crippen molar-refractivity contribution in [2.24, 2.45) is 0 Å². The molecule has 4 heteroatoms. The van der Waals surface area contributed by atoms with Gasteiger partial charge in [-0.1, -0.05) is 18.2 Å². The fourth-order valence-electron chi connectivity index (χ4n) is 1.95. The van der Waals surface area contributed by atoms with Gasteiger partial charge in [0.2, 0.25) is 5.91 Å². The molecule has 0 radical (unpaired) electrons. The number of ether oxygens (including phenoxy) is 1. The van der Waals surface area contributed by atoms with Gasteiger partial charge in [-0.3, -0.25) is 4.79 Å². The van der Waals surface area contributed by atoms with Gasteiger partial charge in [-0.2, -0.15) is 0 Å². The van der Waals surface area contributed by atoms with Crippen LogP contribution in [-0.2, 0) is 17.6 Å². The molecule has 0 bridgehead atoms. The Hall–Kier alpha value is -1.81. The maximum absolute atomic E-state index is 11.7. The summed E-state index contributed by atoms with van der Waals surface area (Å²) in [4.78, 5) is 12.8. The van der Waals surface area contributed by atoms with Crippen LogP contribution in [0.1, 0.15) is 16.9 Å². The number of carbonyl (C=O) groups is 1. The van der Waals surface area contributed by atoms with Gasteiger partial charge in [0.25, 0.3) is 0 Å². The Kier molecular flexibility index (Phi) is 5.62. The summed E-state index contributed by atoms with van der Waals surface area (Å²) in [6.07, 6.45) is 2.39. The van der Waals surface area contributed by atoms with Gasteiger partial charge in [-0.05, 0) is 42.0 Å². The van der Waals surface area contributed by atoms with Crippen molar-refractivity contribution in [3.05, 3.63) is 52.2 Å². The molecular formula is C16H19NO2S. The van der Waals surface area contributed by atoms with E-state index in [9.17, 15) is 4.79 Å². The zero-order chi connectivity index (χ0) is 14.2. The second-order valence-corrected chi connectivity index (χ2v) is 5.59. The van der Waals surface area contributed by atoms with Crippen molar-refractivity contribution < 1.29 is 9.53 Å². The molecule has 0 spiro atoms. The van der Waals surface area contributed by atoms with Crippen LogP contribution in [0.25, 0.3) is 0 Å². The van der Waals surface area contributed by atoms with Crippen LogP contribution in [0, 0.1) is 0 Å². The molecule has 0 saturated heterocycles. The highest BCUT2D eigenvalue weighted by Crippen LogP contribution is 2.12. The molecule has 0 saturated carbocycles. The zero-order valence-corrected chi connectivity index (χ0v) is 12.4. The Bertz CT molecular complexity index is 520. The Morgan fingerprint density at radius 2 is 2.05 bits per heavy atom. The van der Waals surface area contributed by atoms with Crippen molar-refractivity contribution in [3.8, 4) is 5.75 Å². The minimum Gasteiger partial charge on any atom is -0.497 e. The van der Waals surface area contributed by atoms with Crippen molar-refractivity contribution in [1.29, 1.82) is 0 Å². The van der Waals surface area contributed by atoms with Crippen LogP contribution < -0.4 is 10.1 Å². The molecule has 1 amide bonds. The Balaban J connectivity index is 1.64. The lowest BCUT2D eigenvalue weighted by atomic mass is 10.1. The summed E-state index contributed by atoms with van der Waals surface area (Å²) in [5, 5.41) is 4.95. The lowest BCUT2D eigenvalue weighted by Crippen LogP contribution is -2.26. The number of nitrogens with one attached hydrogen (secondary N) is 1. The van der Waals surface area contributed by atoms with Crippen LogP contribution in [0.2, 0.25) is 0 Å². The fraction of sp³-hybridized carbons (Fsp3) is 0.312. The van der Waals surface area contributed by atoms with E-state index in [2.05, 4.69) is 17.4 Å². The van der Waals surface area contributed by atoms with Crippen molar-refractivity contribution in [1.82, 2.24) is 5.32 Å². The van der Waals surface area contributed by atoms with Crippen molar-refractivity contribution in [2.75, 3.05) is 13.7 Å². The van der Waals surface area contributed by atoms with Gasteiger partial charge in [-0.15, -0.1) is 11.3 Å². The first-order chi connectivity index (χ1) is 9.78. The van der Waals surface area contributed by atoms with E-state index < -0.39 is 0 Å². The molecular weight excluding hydrogens is 270 g/mol. The van der Waals surface area contributed by atoms with Gasteiger partial charge in [0.1, 0.15) is 5.75 Å². The van der Waals surface area contributed by atoms with E-state index in [4.69, 9.17) is 4.74 Å². The van der Waals surface area contributed by atoms with E-state index in [1.807, 2.05) is 29.6 Å². The van der Waals surface area contributed by atoms with Crippen LogP contribution >= 0.6 is 11.3 Å². The highest BCUT2D eigenvalue weighted by atomic mass is 32.1. The van der Waals surface area contributed by atoms with E-state index >= 15 is 0 Å². The number of thiophene rings is 1. The maximum Gasteiger partial charge on any atom is 0.225 e. The lowest BCUT2D eigenvalue weighted by Gasteiger charge is -2.05. The number of carbonyl (C=O) groups excluding carboxylic acids is 1. The normalized spacial score (nSPS) is 10.2. The summed E-state index contributed by atoms with van der Waals surface area (Å²) < 4.78 is 5.12. The van der Waals surface area contributed by atoms with Crippen molar-refractivity contribution in [2.45, 2.75) is 19.3 Å². The predicted octanol–water partition coefficient (Wildman–Crippen LogP) is 3.05. The highest BCUT2D eigenvalue weighted by molar-refractivity contribution is 7.10. The summed E-state index contributed by atoms with van der Waals surface area (Å²) in [5.74, 6) is 0.972. The third-order valence-electron chi connectivity index (χ3n) is 3.04. The predicted molar refractivity (Wildman–Crippen MR) is 82.3 cm³/mol. The molecule has 1 N–H and O–H groups in total.